The molecule has 6 nitrogen and oxygen atoms in total. The Morgan fingerprint density at radius 3 is 2.88 bits per heavy atom. The van der Waals surface area contributed by atoms with E-state index in [0.29, 0.717) is 12.1 Å². The van der Waals surface area contributed by atoms with Gasteiger partial charge in [0.25, 0.3) is 0 Å². The maximum atomic E-state index is 12.4. The molecule has 1 aliphatic rings. The number of carbonyl (C=O) groups is 1. The van der Waals surface area contributed by atoms with Gasteiger partial charge in [-0.15, -0.1) is 0 Å². The van der Waals surface area contributed by atoms with E-state index < -0.39 is 10.0 Å². The summed E-state index contributed by atoms with van der Waals surface area (Å²) >= 11 is 0. The Morgan fingerprint density at radius 1 is 1.36 bits per heavy atom. The molecule has 1 amide bonds. The monoisotopic (exact) mass is 359 g/mol. The van der Waals surface area contributed by atoms with Crippen LogP contribution in [0, 0.1) is 6.92 Å². The van der Waals surface area contributed by atoms with E-state index in [1.54, 1.807) is 24.5 Å². The minimum absolute atomic E-state index is 0.0653. The third-order valence-corrected chi connectivity index (χ3v) is 5.54. The Morgan fingerprint density at radius 2 is 2.16 bits per heavy atom. The number of primary sulfonamides is 1. The number of carbonyl (C=O) groups excluding carboxylic acids is 1. The van der Waals surface area contributed by atoms with Crippen LogP contribution in [0.5, 0.6) is 0 Å². The molecule has 0 bridgehead atoms. The minimum atomic E-state index is -3.71. The summed E-state index contributed by atoms with van der Waals surface area (Å²) in [6.45, 7) is 1.92. The average Bonchev–Trinajstić information content (AvgIpc) is 2.56. The molecule has 0 aliphatic heterocycles. The molecule has 1 aliphatic carbocycles. The number of nitrogens with two attached hydrogens (primary N) is 1. The third-order valence-electron chi connectivity index (χ3n) is 4.63. The number of pyridine rings is 1. The molecule has 3 N–H and O–H groups in total. The smallest absolute Gasteiger partial charge is 0.238 e. The lowest BCUT2D eigenvalue weighted by atomic mass is 9.81. The summed E-state index contributed by atoms with van der Waals surface area (Å²) in [5.41, 5.74) is 3.68. The van der Waals surface area contributed by atoms with Crippen molar-refractivity contribution in [1.29, 1.82) is 0 Å². The highest BCUT2D eigenvalue weighted by Gasteiger charge is 2.24. The van der Waals surface area contributed by atoms with Gasteiger partial charge in [0.05, 0.1) is 16.8 Å². The summed E-state index contributed by atoms with van der Waals surface area (Å²) < 4.78 is 23.0. The number of nitrogens with one attached hydrogen (secondary N) is 1. The first-order valence-corrected chi connectivity index (χ1v) is 9.75. The van der Waals surface area contributed by atoms with Crippen LogP contribution in [0.3, 0.4) is 0 Å². The Bertz CT molecular complexity index is 910. The zero-order valence-electron chi connectivity index (χ0n) is 14.0. The van der Waals surface area contributed by atoms with E-state index in [1.165, 1.54) is 6.07 Å². The van der Waals surface area contributed by atoms with Crippen molar-refractivity contribution < 1.29 is 13.2 Å². The molecule has 0 saturated heterocycles. The summed E-state index contributed by atoms with van der Waals surface area (Å²) in [5.74, 6) is 0.0136. The molecule has 1 aromatic carbocycles. The second-order valence-corrected chi connectivity index (χ2v) is 8.00. The fourth-order valence-electron chi connectivity index (χ4n) is 3.30. The number of aromatic nitrogens is 1. The Labute approximate surface area is 147 Å². The van der Waals surface area contributed by atoms with Crippen LogP contribution in [0.25, 0.3) is 0 Å². The fourth-order valence-corrected chi connectivity index (χ4v) is 3.86. The van der Waals surface area contributed by atoms with Crippen molar-refractivity contribution in [2.24, 2.45) is 5.14 Å². The lowest BCUT2D eigenvalue weighted by Gasteiger charge is -2.25. The van der Waals surface area contributed by atoms with E-state index in [9.17, 15) is 13.2 Å². The molecule has 1 heterocycles. The SMILES string of the molecule is Cc1ccncc1NC(=O)C[C@H]1CCCc2cc(S(N)(=O)=O)ccc21. The number of anilines is 1. The van der Waals surface area contributed by atoms with E-state index >= 15 is 0 Å². The Balaban J connectivity index is 1.77. The highest BCUT2D eigenvalue weighted by atomic mass is 32.2. The summed E-state index contributed by atoms with van der Waals surface area (Å²) in [7, 11) is -3.71. The topological polar surface area (TPSA) is 102 Å². The van der Waals surface area contributed by atoms with Gasteiger partial charge in [-0.05, 0) is 67.0 Å². The molecule has 132 valence electrons. The van der Waals surface area contributed by atoms with Gasteiger partial charge in [0.15, 0.2) is 0 Å². The van der Waals surface area contributed by atoms with Gasteiger partial charge in [0.1, 0.15) is 0 Å². The molecular formula is C18H21N3O3S. The van der Waals surface area contributed by atoms with Crippen LogP contribution in [-0.4, -0.2) is 19.3 Å². The zero-order chi connectivity index (χ0) is 18.0. The van der Waals surface area contributed by atoms with E-state index in [-0.39, 0.29) is 16.7 Å². The number of sulfonamides is 1. The highest BCUT2D eigenvalue weighted by Crippen LogP contribution is 2.35. The standard InChI is InChI=1S/C18H21N3O3S/c1-12-7-8-20-11-17(12)21-18(22)10-14-4-2-3-13-9-15(25(19,23)24)5-6-16(13)14/h5-9,11,14H,2-4,10H2,1H3,(H,21,22)(H2,19,23,24)/t14-/m1/s1. The molecule has 0 saturated carbocycles. The van der Waals surface area contributed by atoms with Gasteiger partial charge in [-0.3, -0.25) is 9.78 Å². The largest absolute Gasteiger partial charge is 0.324 e. The van der Waals surface area contributed by atoms with Gasteiger partial charge in [-0.25, -0.2) is 13.6 Å². The number of hydrogen-bond acceptors (Lipinski definition) is 4. The van der Waals surface area contributed by atoms with Crippen molar-refractivity contribution >= 4 is 21.6 Å². The predicted octanol–water partition coefficient (Wildman–Crippen LogP) is 2.49. The average molecular weight is 359 g/mol. The van der Waals surface area contributed by atoms with E-state index in [2.05, 4.69) is 10.3 Å². The summed E-state index contributed by atoms with van der Waals surface area (Å²) in [5, 5.41) is 8.11. The van der Waals surface area contributed by atoms with Gasteiger partial charge >= 0.3 is 0 Å². The molecule has 0 unspecified atom stereocenters. The second-order valence-electron chi connectivity index (χ2n) is 6.44. The highest BCUT2D eigenvalue weighted by molar-refractivity contribution is 7.89. The Hall–Kier alpha value is -2.25. The van der Waals surface area contributed by atoms with Crippen LogP contribution in [0.1, 0.15) is 41.9 Å². The van der Waals surface area contributed by atoms with Crippen LogP contribution >= 0.6 is 0 Å². The first-order valence-electron chi connectivity index (χ1n) is 8.20. The fraction of sp³-hybridized carbons (Fsp3) is 0.333. The van der Waals surface area contributed by atoms with Crippen LogP contribution < -0.4 is 10.5 Å². The Kier molecular flexibility index (Phi) is 4.87. The van der Waals surface area contributed by atoms with Crippen molar-refractivity contribution in [1.82, 2.24) is 4.98 Å². The first-order chi connectivity index (χ1) is 11.8. The van der Waals surface area contributed by atoms with Gasteiger partial charge in [0, 0.05) is 12.6 Å². The van der Waals surface area contributed by atoms with Gasteiger partial charge in [-0.2, -0.15) is 0 Å². The zero-order valence-corrected chi connectivity index (χ0v) is 14.8. The van der Waals surface area contributed by atoms with Gasteiger partial charge in [0.2, 0.25) is 15.9 Å². The molecule has 2 aromatic rings. The van der Waals surface area contributed by atoms with E-state index in [4.69, 9.17) is 5.14 Å². The number of benzene rings is 1. The number of amides is 1. The van der Waals surface area contributed by atoms with Gasteiger partial charge in [-0.1, -0.05) is 6.07 Å². The van der Waals surface area contributed by atoms with Crippen molar-refractivity contribution in [2.45, 2.75) is 43.4 Å². The summed E-state index contributed by atoms with van der Waals surface area (Å²) in [6.07, 6.45) is 6.31. The number of nitrogens with zero attached hydrogens (tertiary/aromatic N) is 1. The molecule has 0 radical (unpaired) electrons. The summed E-state index contributed by atoms with van der Waals surface area (Å²) in [6, 6.07) is 6.80. The lowest BCUT2D eigenvalue weighted by Crippen LogP contribution is -2.20. The molecule has 25 heavy (non-hydrogen) atoms. The lowest BCUT2D eigenvalue weighted by molar-refractivity contribution is -0.116. The first kappa shape index (κ1) is 17.6. The normalized spacial score (nSPS) is 17.0. The molecule has 7 heteroatoms. The van der Waals surface area contributed by atoms with Crippen LogP contribution in [0.4, 0.5) is 5.69 Å². The van der Waals surface area contributed by atoms with Crippen LogP contribution in [0.2, 0.25) is 0 Å². The van der Waals surface area contributed by atoms with Gasteiger partial charge < -0.3 is 5.32 Å². The summed E-state index contributed by atoms with van der Waals surface area (Å²) in [4.78, 5) is 16.6. The van der Waals surface area contributed by atoms with Crippen molar-refractivity contribution in [2.75, 3.05) is 5.32 Å². The van der Waals surface area contributed by atoms with Crippen LogP contribution in [0.15, 0.2) is 41.6 Å². The van der Waals surface area contributed by atoms with Crippen LogP contribution in [-0.2, 0) is 21.2 Å². The van der Waals surface area contributed by atoms with E-state index in [1.807, 2.05) is 13.0 Å². The number of hydrogen-bond donors (Lipinski definition) is 2. The van der Waals surface area contributed by atoms with Crippen molar-refractivity contribution in [3.63, 3.8) is 0 Å². The second kappa shape index (κ2) is 6.93. The number of fused-ring (bicyclic) bond motifs is 1. The molecule has 1 atom stereocenters. The van der Waals surface area contributed by atoms with Crippen molar-refractivity contribution in [3.8, 4) is 0 Å². The number of rotatable bonds is 4. The third kappa shape index (κ3) is 4.05. The molecular weight excluding hydrogens is 338 g/mol. The number of aryl methyl sites for hydroxylation is 2. The maximum Gasteiger partial charge on any atom is 0.238 e. The van der Waals surface area contributed by atoms with Crippen molar-refractivity contribution in [3.05, 3.63) is 53.3 Å². The molecule has 3 rings (SSSR count). The quantitative estimate of drug-likeness (QED) is 0.875. The predicted molar refractivity (Wildman–Crippen MR) is 95.7 cm³/mol. The minimum Gasteiger partial charge on any atom is -0.324 e. The molecule has 0 fully saturated rings. The van der Waals surface area contributed by atoms with E-state index in [0.717, 1.165) is 36.0 Å². The molecule has 0 spiro atoms. The molecule has 1 aromatic heterocycles. The maximum absolute atomic E-state index is 12.4.